The lowest BCUT2D eigenvalue weighted by Crippen LogP contribution is -2.47. The van der Waals surface area contributed by atoms with Crippen LogP contribution >= 0.6 is 0 Å². The van der Waals surface area contributed by atoms with E-state index >= 15 is 0 Å². The molecule has 134 valence electrons. The molecule has 0 radical (unpaired) electrons. The van der Waals surface area contributed by atoms with Gasteiger partial charge in [-0.3, -0.25) is 9.59 Å². The van der Waals surface area contributed by atoms with Crippen molar-refractivity contribution in [2.24, 2.45) is 5.41 Å². The Labute approximate surface area is 146 Å². The van der Waals surface area contributed by atoms with Gasteiger partial charge in [0.2, 0.25) is 0 Å². The molecular formula is C18H22N2O5. The summed E-state index contributed by atoms with van der Waals surface area (Å²) in [5.41, 5.74) is -0.220. The quantitative estimate of drug-likeness (QED) is 0.752. The van der Waals surface area contributed by atoms with Crippen molar-refractivity contribution in [3.63, 3.8) is 0 Å². The number of hydroxylamine groups is 2. The van der Waals surface area contributed by atoms with E-state index in [4.69, 9.17) is 9.57 Å². The van der Waals surface area contributed by atoms with E-state index in [-0.39, 0.29) is 11.1 Å². The molecule has 0 aliphatic carbocycles. The van der Waals surface area contributed by atoms with Crippen LogP contribution in [0.2, 0.25) is 0 Å². The van der Waals surface area contributed by atoms with Gasteiger partial charge in [-0.15, -0.1) is 0 Å². The highest BCUT2D eigenvalue weighted by molar-refractivity contribution is 6.20. The van der Waals surface area contributed by atoms with E-state index in [0.717, 1.165) is 13.1 Å². The lowest BCUT2D eigenvalue weighted by Gasteiger charge is -2.38. The summed E-state index contributed by atoms with van der Waals surface area (Å²) in [6.07, 6.45) is 1.71. The third-order valence-electron chi connectivity index (χ3n) is 5.09. The van der Waals surface area contributed by atoms with Crippen LogP contribution in [-0.2, 0) is 14.4 Å². The van der Waals surface area contributed by atoms with Crippen LogP contribution in [0.3, 0.4) is 0 Å². The van der Waals surface area contributed by atoms with Gasteiger partial charge in [0.25, 0.3) is 11.8 Å². The molecule has 1 aromatic carbocycles. The van der Waals surface area contributed by atoms with E-state index < -0.39 is 23.2 Å². The molecule has 2 heterocycles. The molecular weight excluding hydrogens is 324 g/mol. The fourth-order valence-corrected chi connectivity index (χ4v) is 3.33. The highest BCUT2D eigenvalue weighted by Gasteiger charge is 2.46. The molecule has 7 heteroatoms. The summed E-state index contributed by atoms with van der Waals surface area (Å²) in [5, 5.41) is 0.597. The number of carbonyl (C=O) groups excluding carboxylic acids is 3. The van der Waals surface area contributed by atoms with Gasteiger partial charge in [0, 0.05) is 13.7 Å². The molecule has 0 atom stereocenters. The van der Waals surface area contributed by atoms with Gasteiger partial charge in [-0.2, -0.15) is 0 Å². The Kier molecular flexibility index (Phi) is 4.87. The number of piperidine rings is 1. The Morgan fingerprint density at radius 1 is 1.12 bits per heavy atom. The van der Waals surface area contributed by atoms with Crippen molar-refractivity contribution < 1.29 is 24.0 Å². The average molecular weight is 346 g/mol. The van der Waals surface area contributed by atoms with Crippen LogP contribution in [0.4, 0.5) is 0 Å². The lowest BCUT2D eigenvalue weighted by atomic mass is 9.76. The van der Waals surface area contributed by atoms with E-state index in [0.29, 0.717) is 30.9 Å². The molecule has 7 nitrogen and oxygen atoms in total. The van der Waals surface area contributed by atoms with Crippen molar-refractivity contribution in [3.05, 3.63) is 35.4 Å². The maximum atomic E-state index is 12.9. The number of rotatable bonds is 5. The van der Waals surface area contributed by atoms with Crippen molar-refractivity contribution in [2.45, 2.75) is 19.3 Å². The number of nitrogens with zero attached hydrogens (tertiary/aromatic N) is 2. The molecule has 0 unspecified atom stereocenters. The van der Waals surface area contributed by atoms with Gasteiger partial charge in [0.15, 0.2) is 0 Å². The molecule has 0 N–H and O–H groups in total. The number of fused-ring (bicyclic) bond motifs is 1. The maximum absolute atomic E-state index is 12.9. The third-order valence-corrected chi connectivity index (χ3v) is 5.09. The maximum Gasteiger partial charge on any atom is 0.339 e. The second-order valence-corrected chi connectivity index (χ2v) is 6.66. The fraction of sp³-hybridized carbons (Fsp3) is 0.500. The molecule has 25 heavy (non-hydrogen) atoms. The zero-order chi connectivity index (χ0) is 18.0. The highest BCUT2D eigenvalue weighted by atomic mass is 16.7. The summed E-state index contributed by atoms with van der Waals surface area (Å²) in [5.74, 6) is -1.72. The number of methoxy groups -OCH3 is 1. The predicted molar refractivity (Wildman–Crippen MR) is 88.7 cm³/mol. The van der Waals surface area contributed by atoms with Gasteiger partial charge >= 0.3 is 5.97 Å². The SMILES string of the molecule is COCCC1(C(=O)ON2C(=O)c3ccccc3C2=O)CCN(C)CC1. The van der Waals surface area contributed by atoms with E-state index in [1.165, 1.54) is 0 Å². The van der Waals surface area contributed by atoms with Crippen molar-refractivity contribution in [1.29, 1.82) is 0 Å². The smallest absolute Gasteiger partial charge is 0.339 e. The Morgan fingerprint density at radius 3 is 2.20 bits per heavy atom. The Bertz CT molecular complexity index is 654. The second-order valence-electron chi connectivity index (χ2n) is 6.66. The number of carbonyl (C=O) groups is 3. The zero-order valence-electron chi connectivity index (χ0n) is 14.5. The summed E-state index contributed by atoms with van der Waals surface area (Å²) < 4.78 is 5.14. The zero-order valence-corrected chi connectivity index (χ0v) is 14.5. The molecule has 0 saturated carbocycles. The first-order valence-corrected chi connectivity index (χ1v) is 8.36. The largest absolute Gasteiger partial charge is 0.385 e. The van der Waals surface area contributed by atoms with Gasteiger partial charge in [-0.05, 0) is 51.5 Å². The highest BCUT2D eigenvalue weighted by Crippen LogP contribution is 2.37. The van der Waals surface area contributed by atoms with Crippen LogP contribution in [0.1, 0.15) is 40.0 Å². The van der Waals surface area contributed by atoms with Crippen LogP contribution in [0.25, 0.3) is 0 Å². The number of likely N-dealkylation sites (tertiary alicyclic amines) is 1. The van der Waals surface area contributed by atoms with Crippen molar-refractivity contribution in [2.75, 3.05) is 33.9 Å². The number of hydrogen-bond donors (Lipinski definition) is 0. The normalized spacial score (nSPS) is 19.8. The average Bonchev–Trinajstić information content (AvgIpc) is 2.87. The van der Waals surface area contributed by atoms with Gasteiger partial charge in [0.1, 0.15) is 0 Å². The van der Waals surface area contributed by atoms with E-state index in [1.54, 1.807) is 31.4 Å². The minimum absolute atomic E-state index is 0.259. The summed E-state index contributed by atoms with van der Waals surface area (Å²) in [6, 6.07) is 6.46. The summed E-state index contributed by atoms with van der Waals surface area (Å²) in [7, 11) is 3.58. The summed E-state index contributed by atoms with van der Waals surface area (Å²) in [4.78, 5) is 45.1. The van der Waals surface area contributed by atoms with Crippen LogP contribution in [0.15, 0.2) is 24.3 Å². The Balaban J connectivity index is 1.78. The molecule has 1 saturated heterocycles. The van der Waals surface area contributed by atoms with Crippen LogP contribution in [-0.4, -0.2) is 61.6 Å². The number of benzene rings is 1. The van der Waals surface area contributed by atoms with Gasteiger partial charge < -0.3 is 14.5 Å². The first-order valence-electron chi connectivity index (χ1n) is 8.36. The first kappa shape index (κ1) is 17.6. The Hall–Kier alpha value is -2.25. The Morgan fingerprint density at radius 2 is 1.68 bits per heavy atom. The monoisotopic (exact) mass is 346 g/mol. The summed E-state index contributed by atoms with van der Waals surface area (Å²) in [6.45, 7) is 1.92. The molecule has 0 aromatic heterocycles. The predicted octanol–water partition coefficient (Wildman–Crippen LogP) is 1.49. The number of hydrogen-bond acceptors (Lipinski definition) is 6. The van der Waals surface area contributed by atoms with Crippen LogP contribution in [0.5, 0.6) is 0 Å². The van der Waals surface area contributed by atoms with Crippen LogP contribution in [0, 0.1) is 5.41 Å². The molecule has 1 aromatic rings. The number of imide groups is 1. The molecule has 3 rings (SSSR count). The number of amides is 2. The van der Waals surface area contributed by atoms with E-state index in [9.17, 15) is 14.4 Å². The lowest BCUT2D eigenvalue weighted by molar-refractivity contribution is -0.185. The fourth-order valence-electron chi connectivity index (χ4n) is 3.33. The molecule has 2 amide bonds. The van der Waals surface area contributed by atoms with E-state index in [2.05, 4.69) is 4.90 Å². The first-order chi connectivity index (χ1) is 12.0. The van der Waals surface area contributed by atoms with Crippen molar-refractivity contribution >= 4 is 17.8 Å². The topological polar surface area (TPSA) is 76.1 Å². The third kappa shape index (κ3) is 3.17. The standard InChI is InChI=1S/C18H22N2O5/c1-19-10-7-18(8-11-19,9-12-24-2)17(23)25-20-15(21)13-5-3-4-6-14(13)16(20)22/h3-6H,7-12H2,1-2H3. The van der Waals surface area contributed by atoms with Crippen molar-refractivity contribution in [1.82, 2.24) is 9.96 Å². The second kappa shape index (κ2) is 6.93. The van der Waals surface area contributed by atoms with E-state index in [1.807, 2.05) is 7.05 Å². The number of ether oxygens (including phenoxy) is 1. The van der Waals surface area contributed by atoms with Gasteiger partial charge in [-0.1, -0.05) is 17.2 Å². The van der Waals surface area contributed by atoms with Gasteiger partial charge in [-0.25, -0.2) is 4.79 Å². The van der Waals surface area contributed by atoms with Gasteiger partial charge in [0.05, 0.1) is 16.5 Å². The minimum Gasteiger partial charge on any atom is -0.385 e. The summed E-state index contributed by atoms with van der Waals surface area (Å²) >= 11 is 0. The molecule has 0 spiro atoms. The molecule has 2 aliphatic rings. The molecule has 1 fully saturated rings. The van der Waals surface area contributed by atoms with Crippen LogP contribution < -0.4 is 0 Å². The molecule has 0 bridgehead atoms. The minimum atomic E-state index is -0.738. The van der Waals surface area contributed by atoms with Crippen molar-refractivity contribution in [3.8, 4) is 0 Å². The molecule has 2 aliphatic heterocycles.